The summed E-state index contributed by atoms with van der Waals surface area (Å²) in [5.41, 5.74) is 6.27. The number of nitrogen functional groups attached to an aromatic ring is 1. The Balaban J connectivity index is 2.50. The van der Waals surface area contributed by atoms with Gasteiger partial charge in [0, 0.05) is 11.8 Å². The molecule has 3 nitrogen and oxygen atoms in total. The molecule has 1 heterocycles. The van der Waals surface area contributed by atoms with E-state index >= 15 is 0 Å². The Morgan fingerprint density at radius 1 is 1.38 bits per heavy atom. The molecular weight excluding hydrogens is 388 g/mol. The Kier molecular flexibility index (Phi) is 3.38. The topological polar surface area (TPSA) is 51.8 Å². The quantitative estimate of drug-likeness (QED) is 0.757. The maximum Gasteiger partial charge on any atom is 0.161 e. The Morgan fingerprint density at radius 3 is 2.75 bits per heavy atom. The highest BCUT2D eigenvalue weighted by Gasteiger charge is 2.07. The van der Waals surface area contributed by atoms with Crippen molar-refractivity contribution < 1.29 is 4.39 Å². The fraction of sp³-hybridized carbons (Fsp3) is 0. The van der Waals surface area contributed by atoms with Crippen LogP contribution in [0.1, 0.15) is 0 Å². The Bertz CT molecular complexity index is 498. The maximum atomic E-state index is 13.3. The number of rotatable bonds is 1. The van der Waals surface area contributed by atoms with Gasteiger partial charge in [0.05, 0.1) is 8.04 Å². The molecule has 0 saturated carbocycles. The average Bonchev–Trinajstić information content (AvgIpc) is 2.26. The van der Waals surface area contributed by atoms with E-state index in [4.69, 9.17) is 5.73 Å². The molecule has 1 aromatic carbocycles. The second-order valence-electron chi connectivity index (χ2n) is 3.06. The molecule has 2 rings (SSSR count). The molecule has 0 fully saturated rings. The smallest absolute Gasteiger partial charge is 0.161 e. The van der Waals surface area contributed by atoms with Crippen molar-refractivity contribution in [2.24, 2.45) is 0 Å². The number of anilines is 1. The SMILES string of the molecule is Nc1nc(-c2ccc(Br)c(F)c2)ncc1I. The molecule has 0 aliphatic carbocycles. The minimum absolute atomic E-state index is 0.349. The van der Waals surface area contributed by atoms with Gasteiger partial charge in [-0.15, -0.1) is 0 Å². The molecule has 1 aromatic heterocycles. The molecule has 0 saturated heterocycles. The van der Waals surface area contributed by atoms with E-state index in [2.05, 4.69) is 25.9 Å². The van der Waals surface area contributed by atoms with E-state index in [0.29, 0.717) is 21.7 Å². The Labute approximate surface area is 114 Å². The molecule has 2 aromatic rings. The zero-order valence-corrected chi connectivity index (χ0v) is 11.7. The summed E-state index contributed by atoms with van der Waals surface area (Å²) in [5.74, 6) is 0.469. The zero-order chi connectivity index (χ0) is 11.7. The van der Waals surface area contributed by atoms with Gasteiger partial charge in [0.15, 0.2) is 5.82 Å². The van der Waals surface area contributed by atoms with Crippen LogP contribution >= 0.6 is 38.5 Å². The van der Waals surface area contributed by atoms with Crippen LogP contribution in [0.2, 0.25) is 0 Å². The molecule has 0 aliphatic rings. The first-order valence-corrected chi connectivity index (χ1v) is 6.18. The van der Waals surface area contributed by atoms with Crippen LogP contribution in [0, 0.1) is 9.39 Å². The molecule has 0 atom stereocenters. The summed E-state index contributed by atoms with van der Waals surface area (Å²) in [6.07, 6.45) is 1.61. The van der Waals surface area contributed by atoms with E-state index in [9.17, 15) is 4.39 Å². The summed E-state index contributed by atoms with van der Waals surface area (Å²) in [7, 11) is 0. The minimum Gasteiger partial charge on any atom is -0.383 e. The molecule has 6 heteroatoms. The standard InChI is InChI=1S/C10H6BrFIN3/c11-6-2-1-5(3-7(6)12)10-15-4-8(13)9(14)16-10/h1-4H,(H2,14,15,16). The lowest BCUT2D eigenvalue weighted by Gasteiger charge is -2.03. The molecule has 0 radical (unpaired) electrons. The molecule has 0 unspecified atom stereocenters. The predicted molar refractivity (Wildman–Crippen MR) is 72.3 cm³/mol. The molecule has 0 amide bonds. The van der Waals surface area contributed by atoms with E-state index in [-0.39, 0.29) is 5.82 Å². The Morgan fingerprint density at radius 2 is 2.12 bits per heavy atom. The highest BCUT2D eigenvalue weighted by molar-refractivity contribution is 14.1. The molecule has 16 heavy (non-hydrogen) atoms. The number of benzene rings is 1. The third-order valence-corrected chi connectivity index (χ3v) is 3.42. The summed E-state index contributed by atoms with van der Waals surface area (Å²) in [5, 5.41) is 0. The normalized spacial score (nSPS) is 10.4. The monoisotopic (exact) mass is 393 g/mol. The second-order valence-corrected chi connectivity index (χ2v) is 5.07. The van der Waals surface area contributed by atoms with Crippen molar-refractivity contribution in [1.82, 2.24) is 9.97 Å². The number of aromatic nitrogens is 2. The van der Waals surface area contributed by atoms with Crippen molar-refractivity contribution in [2.75, 3.05) is 5.73 Å². The molecular formula is C10H6BrFIN3. The van der Waals surface area contributed by atoms with Crippen LogP contribution in [0.15, 0.2) is 28.9 Å². The van der Waals surface area contributed by atoms with Crippen LogP contribution in [0.25, 0.3) is 11.4 Å². The maximum absolute atomic E-state index is 13.3. The highest BCUT2D eigenvalue weighted by atomic mass is 127. The van der Waals surface area contributed by atoms with Crippen LogP contribution in [-0.4, -0.2) is 9.97 Å². The van der Waals surface area contributed by atoms with Crippen LogP contribution < -0.4 is 5.73 Å². The lowest BCUT2D eigenvalue weighted by Crippen LogP contribution is -1.98. The summed E-state index contributed by atoms with van der Waals surface area (Å²) in [6, 6.07) is 4.71. The van der Waals surface area contributed by atoms with Gasteiger partial charge in [0.1, 0.15) is 11.6 Å². The van der Waals surface area contributed by atoms with Crippen molar-refractivity contribution in [3.05, 3.63) is 38.3 Å². The lowest BCUT2D eigenvalue weighted by atomic mass is 10.2. The van der Waals surface area contributed by atoms with E-state index in [1.54, 1.807) is 18.3 Å². The first kappa shape index (κ1) is 11.7. The first-order chi connectivity index (χ1) is 7.58. The summed E-state index contributed by atoms with van der Waals surface area (Å²) >= 11 is 5.13. The van der Waals surface area contributed by atoms with Crippen molar-refractivity contribution >= 4 is 44.3 Å². The summed E-state index contributed by atoms with van der Waals surface area (Å²) < 4.78 is 14.5. The van der Waals surface area contributed by atoms with Gasteiger partial charge in [-0.1, -0.05) is 0 Å². The van der Waals surface area contributed by atoms with E-state index < -0.39 is 0 Å². The number of nitrogens with two attached hydrogens (primary N) is 1. The van der Waals surface area contributed by atoms with Gasteiger partial charge in [0.25, 0.3) is 0 Å². The summed E-state index contributed by atoms with van der Waals surface area (Å²) in [4.78, 5) is 8.19. The van der Waals surface area contributed by atoms with Crippen LogP contribution in [-0.2, 0) is 0 Å². The van der Waals surface area contributed by atoms with Crippen molar-refractivity contribution in [3.8, 4) is 11.4 Å². The molecule has 0 bridgehead atoms. The number of hydrogen-bond donors (Lipinski definition) is 1. The number of halogens is 3. The first-order valence-electron chi connectivity index (χ1n) is 4.31. The van der Waals surface area contributed by atoms with Crippen LogP contribution in [0.3, 0.4) is 0 Å². The third-order valence-electron chi connectivity index (χ3n) is 1.95. The van der Waals surface area contributed by atoms with Gasteiger partial charge in [-0.25, -0.2) is 14.4 Å². The fourth-order valence-electron chi connectivity index (χ4n) is 1.15. The third kappa shape index (κ3) is 2.32. The zero-order valence-electron chi connectivity index (χ0n) is 7.92. The predicted octanol–water partition coefficient (Wildman–Crippen LogP) is 3.23. The molecule has 0 spiro atoms. The number of hydrogen-bond acceptors (Lipinski definition) is 3. The second kappa shape index (κ2) is 4.62. The highest BCUT2D eigenvalue weighted by Crippen LogP contribution is 2.23. The average molecular weight is 394 g/mol. The van der Waals surface area contributed by atoms with Crippen LogP contribution in [0.4, 0.5) is 10.2 Å². The van der Waals surface area contributed by atoms with Gasteiger partial charge in [-0.05, 0) is 56.7 Å². The lowest BCUT2D eigenvalue weighted by molar-refractivity contribution is 0.621. The summed E-state index contributed by atoms with van der Waals surface area (Å²) in [6.45, 7) is 0. The van der Waals surface area contributed by atoms with Crippen LogP contribution in [0.5, 0.6) is 0 Å². The molecule has 0 aliphatic heterocycles. The Hall–Kier alpha value is -0.760. The minimum atomic E-state index is -0.349. The number of nitrogens with zero attached hydrogens (tertiary/aromatic N) is 2. The van der Waals surface area contributed by atoms with E-state index in [1.807, 2.05) is 22.6 Å². The van der Waals surface area contributed by atoms with Gasteiger partial charge in [-0.3, -0.25) is 0 Å². The molecule has 2 N–H and O–H groups in total. The van der Waals surface area contributed by atoms with E-state index in [0.717, 1.165) is 3.57 Å². The van der Waals surface area contributed by atoms with Gasteiger partial charge >= 0.3 is 0 Å². The van der Waals surface area contributed by atoms with Crippen molar-refractivity contribution in [2.45, 2.75) is 0 Å². The van der Waals surface area contributed by atoms with Crippen molar-refractivity contribution in [1.29, 1.82) is 0 Å². The van der Waals surface area contributed by atoms with Crippen molar-refractivity contribution in [3.63, 3.8) is 0 Å². The fourth-order valence-corrected chi connectivity index (χ4v) is 1.66. The van der Waals surface area contributed by atoms with Gasteiger partial charge < -0.3 is 5.73 Å². The largest absolute Gasteiger partial charge is 0.383 e. The molecule has 82 valence electrons. The van der Waals surface area contributed by atoms with E-state index in [1.165, 1.54) is 6.07 Å². The van der Waals surface area contributed by atoms with Gasteiger partial charge in [-0.2, -0.15) is 0 Å². The van der Waals surface area contributed by atoms with Gasteiger partial charge in [0.2, 0.25) is 0 Å².